The number of aryl methyl sites for hydroxylation is 4. The number of rotatable bonds is 8. The molecule has 0 N–H and O–H groups in total. The molecule has 2 aliphatic carbocycles. The fourth-order valence-electron chi connectivity index (χ4n) is 6.39. The molecule has 0 atom stereocenters. The van der Waals surface area contributed by atoms with E-state index in [0.29, 0.717) is 0 Å². The summed E-state index contributed by atoms with van der Waals surface area (Å²) in [6.07, 6.45) is 9.94. The van der Waals surface area contributed by atoms with Gasteiger partial charge in [0.05, 0.1) is 0 Å². The third kappa shape index (κ3) is 4.31. The summed E-state index contributed by atoms with van der Waals surface area (Å²) in [4.78, 5) is 0. The Balaban J connectivity index is 1.26. The number of fused-ring (bicyclic) bond motifs is 4. The molecule has 6 rings (SSSR count). The van der Waals surface area contributed by atoms with Gasteiger partial charge in [0.25, 0.3) is 0 Å². The van der Waals surface area contributed by atoms with Crippen molar-refractivity contribution in [3.05, 3.63) is 127 Å². The molecule has 0 spiro atoms. The van der Waals surface area contributed by atoms with Crippen LogP contribution in [0.4, 0.5) is 0 Å². The van der Waals surface area contributed by atoms with Crippen molar-refractivity contribution in [2.75, 3.05) is 0 Å². The van der Waals surface area contributed by atoms with Crippen LogP contribution in [-0.4, -0.2) is 0 Å². The van der Waals surface area contributed by atoms with Gasteiger partial charge in [-0.05, 0) is 108 Å². The van der Waals surface area contributed by atoms with Crippen molar-refractivity contribution in [2.24, 2.45) is 0 Å². The molecule has 0 unspecified atom stereocenters. The van der Waals surface area contributed by atoms with Gasteiger partial charge in [0.1, 0.15) is 0 Å². The largest absolute Gasteiger partial charge is 0.0590 e. The second-order valence-corrected chi connectivity index (χ2v) is 12.5. The first-order chi connectivity index (χ1) is 17.5. The van der Waals surface area contributed by atoms with Gasteiger partial charge in [0, 0.05) is 14.4 Å². The summed E-state index contributed by atoms with van der Waals surface area (Å²) >= 11 is 7.58. The Morgan fingerprint density at radius 3 is 1.89 bits per heavy atom. The molecule has 0 heterocycles. The smallest absolute Gasteiger partial charge is 0.0464 e. The molecule has 0 saturated carbocycles. The zero-order chi connectivity index (χ0) is 24.7. The van der Waals surface area contributed by atoms with Crippen LogP contribution in [0.2, 0.25) is 0 Å². The van der Waals surface area contributed by atoms with Crippen LogP contribution in [0.25, 0.3) is 11.1 Å². The van der Waals surface area contributed by atoms with E-state index in [2.05, 4.69) is 118 Å². The predicted octanol–water partition coefficient (Wildman–Crippen LogP) is 10.1. The molecule has 2 aliphatic rings. The number of hydrogen-bond acceptors (Lipinski definition) is 0. The van der Waals surface area contributed by atoms with Gasteiger partial charge in [-0.2, -0.15) is 0 Å². The fourth-order valence-corrected chi connectivity index (χ4v) is 7.12. The van der Waals surface area contributed by atoms with E-state index in [9.17, 15) is 0 Å². The highest BCUT2D eigenvalue weighted by Gasteiger charge is 2.44. The lowest BCUT2D eigenvalue weighted by atomic mass is 9.69. The summed E-state index contributed by atoms with van der Waals surface area (Å²) in [5.41, 5.74) is 12.9. The van der Waals surface area contributed by atoms with E-state index >= 15 is 0 Å². The minimum absolute atomic E-state index is 0.117. The van der Waals surface area contributed by atoms with Crippen LogP contribution in [0.1, 0.15) is 71.0 Å². The molecular formula is C34H32Br2. The van der Waals surface area contributed by atoms with E-state index < -0.39 is 0 Å². The summed E-state index contributed by atoms with van der Waals surface area (Å²) in [5, 5.41) is 0. The Morgan fingerprint density at radius 2 is 1.28 bits per heavy atom. The maximum absolute atomic E-state index is 3.79. The van der Waals surface area contributed by atoms with Gasteiger partial charge in [-0.15, -0.1) is 0 Å². The SMILES string of the molecule is Cc1ccc(C2(CCCCCCc3ccc4c(c3)CC4)c3cc(Br)ccc3-c3ccc(Br)cc32)cc1. The summed E-state index contributed by atoms with van der Waals surface area (Å²) in [6.45, 7) is 2.18. The molecule has 0 saturated heterocycles. The van der Waals surface area contributed by atoms with E-state index in [1.165, 1.54) is 83.9 Å². The number of hydrogen-bond donors (Lipinski definition) is 0. The van der Waals surface area contributed by atoms with Gasteiger partial charge in [0.15, 0.2) is 0 Å². The van der Waals surface area contributed by atoms with Crippen LogP contribution in [0.5, 0.6) is 0 Å². The highest BCUT2D eigenvalue weighted by Crippen LogP contribution is 2.56. The van der Waals surface area contributed by atoms with Crippen LogP contribution in [0.15, 0.2) is 87.8 Å². The zero-order valence-corrected chi connectivity index (χ0v) is 24.1. The minimum atomic E-state index is -0.117. The van der Waals surface area contributed by atoms with Crippen LogP contribution in [0.3, 0.4) is 0 Å². The quantitative estimate of drug-likeness (QED) is 0.177. The monoisotopic (exact) mass is 598 g/mol. The van der Waals surface area contributed by atoms with E-state index in [-0.39, 0.29) is 5.41 Å². The lowest BCUT2D eigenvalue weighted by molar-refractivity contribution is 0.511. The van der Waals surface area contributed by atoms with Crippen LogP contribution in [-0.2, 0) is 24.7 Å². The van der Waals surface area contributed by atoms with Crippen LogP contribution >= 0.6 is 31.9 Å². The van der Waals surface area contributed by atoms with Crippen molar-refractivity contribution in [3.63, 3.8) is 0 Å². The van der Waals surface area contributed by atoms with Gasteiger partial charge in [-0.25, -0.2) is 0 Å². The third-order valence-electron chi connectivity index (χ3n) is 8.42. The lowest BCUT2D eigenvalue weighted by Gasteiger charge is -2.33. The summed E-state index contributed by atoms with van der Waals surface area (Å²) in [6, 6.07) is 30.2. The molecule has 4 aromatic rings. The Kier molecular flexibility index (Phi) is 6.69. The Bertz CT molecular complexity index is 1360. The van der Waals surface area contributed by atoms with Crippen molar-refractivity contribution in [2.45, 2.75) is 63.7 Å². The average molecular weight is 600 g/mol. The molecule has 0 nitrogen and oxygen atoms in total. The predicted molar refractivity (Wildman–Crippen MR) is 159 cm³/mol. The molecule has 0 radical (unpaired) electrons. The third-order valence-corrected chi connectivity index (χ3v) is 9.41. The molecule has 0 aliphatic heterocycles. The van der Waals surface area contributed by atoms with Crippen LogP contribution < -0.4 is 0 Å². The second kappa shape index (κ2) is 9.95. The molecule has 4 aromatic carbocycles. The molecule has 0 bridgehead atoms. The van der Waals surface area contributed by atoms with Crippen molar-refractivity contribution in [1.29, 1.82) is 0 Å². The number of benzene rings is 4. The first kappa shape index (κ1) is 24.2. The van der Waals surface area contributed by atoms with Gasteiger partial charge >= 0.3 is 0 Å². The molecule has 2 heteroatoms. The van der Waals surface area contributed by atoms with E-state index in [1.54, 1.807) is 11.1 Å². The van der Waals surface area contributed by atoms with Gasteiger partial charge < -0.3 is 0 Å². The molecule has 0 fully saturated rings. The molecule has 182 valence electrons. The van der Waals surface area contributed by atoms with Gasteiger partial charge in [-0.1, -0.05) is 111 Å². The van der Waals surface area contributed by atoms with Gasteiger partial charge in [0.2, 0.25) is 0 Å². The first-order valence-corrected chi connectivity index (χ1v) is 14.9. The maximum atomic E-state index is 3.79. The van der Waals surface area contributed by atoms with Crippen molar-refractivity contribution < 1.29 is 0 Å². The molecule has 0 amide bonds. The van der Waals surface area contributed by atoms with Crippen LogP contribution in [0, 0.1) is 6.92 Å². The minimum Gasteiger partial charge on any atom is -0.0590 e. The van der Waals surface area contributed by atoms with Crippen molar-refractivity contribution in [3.8, 4) is 11.1 Å². The molecular weight excluding hydrogens is 568 g/mol. The number of unbranched alkanes of at least 4 members (excludes halogenated alkanes) is 3. The first-order valence-electron chi connectivity index (χ1n) is 13.3. The van der Waals surface area contributed by atoms with E-state index in [4.69, 9.17) is 0 Å². The normalized spacial score (nSPS) is 14.6. The standard InChI is InChI=1S/C34H32Br2/c1-23-7-13-27(14-8-23)34(19-5-3-2-4-6-24-9-10-25-11-12-26(25)20-24)32-21-28(35)15-17-30(32)31-18-16-29(36)22-33(31)34/h7-10,13-18,20-22H,2-6,11-12,19H2,1H3. The highest BCUT2D eigenvalue weighted by molar-refractivity contribution is 9.10. The van der Waals surface area contributed by atoms with E-state index in [0.717, 1.165) is 15.4 Å². The maximum Gasteiger partial charge on any atom is 0.0464 e. The summed E-state index contributed by atoms with van der Waals surface area (Å²) in [5.74, 6) is 0. The Hall–Kier alpha value is -2.16. The summed E-state index contributed by atoms with van der Waals surface area (Å²) < 4.78 is 2.31. The van der Waals surface area contributed by atoms with E-state index in [1.807, 2.05) is 0 Å². The Morgan fingerprint density at radius 1 is 0.639 bits per heavy atom. The van der Waals surface area contributed by atoms with Gasteiger partial charge in [-0.3, -0.25) is 0 Å². The van der Waals surface area contributed by atoms with Crippen molar-refractivity contribution in [1.82, 2.24) is 0 Å². The highest BCUT2D eigenvalue weighted by atomic mass is 79.9. The molecule has 36 heavy (non-hydrogen) atoms. The van der Waals surface area contributed by atoms with Crippen molar-refractivity contribution >= 4 is 31.9 Å². The zero-order valence-electron chi connectivity index (χ0n) is 20.9. The topological polar surface area (TPSA) is 0 Å². The molecule has 0 aromatic heterocycles. The summed E-state index contributed by atoms with van der Waals surface area (Å²) in [7, 11) is 0. The average Bonchev–Trinajstić information content (AvgIpc) is 3.12. The number of halogens is 2. The lowest BCUT2D eigenvalue weighted by Crippen LogP contribution is -2.27. The fraction of sp³-hybridized carbons (Fsp3) is 0.294. The second-order valence-electron chi connectivity index (χ2n) is 10.7. The Labute approximate surface area is 232 Å².